The zero-order chi connectivity index (χ0) is 23.1. The number of halogens is 3. The zero-order valence-corrected chi connectivity index (χ0v) is 20.3. The van der Waals surface area contributed by atoms with Crippen molar-refractivity contribution >= 4 is 46.9 Å². The summed E-state index contributed by atoms with van der Waals surface area (Å²) >= 11 is 18.9. The van der Waals surface area contributed by atoms with Crippen LogP contribution in [0.2, 0.25) is 15.1 Å². The summed E-state index contributed by atoms with van der Waals surface area (Å²) in [5, 5.41) is 1.04. The number of carbonyl (C=O) groups is 2. The van der Waals surface area contributed by atoms with E-state index in [-0.39, 0.29) is 6.61 Å². The molecule has 2 aromatic rings. The van der Waals surface area contributed by atoms with Gasteiger partial charge in [-0.15, -0.1) is 0 Å². The summed E-state index contributed by atoms with van der Waals surface area (Å²) in [7, 11) is 0. The lowest BCUT2D eigenvalue weighted by Gasteiger charge is -2.47. The highest BCUT2D eigenvalue weighted by atomic mass is 35.5. The highest BCUT2D eigenvalue weighted by Gasteiger charge is 2.47. The third-order valence-corrected chi connectivity index (χ3v) is 5.79. The molecule has 1 aliphatic heterocycles. The van der Waals surface area contributed by atoms with Gasteiger partial charge in [-0.1, -0.05) is 41.7 Å². The Morgan fingerprint density at radius 3 is 2.26 bits per heavy atom. The molecule has 1 saturated heterocycles. The molecule has 1 aromatic carbocycles. The molecule has 31 heavy (non-hydrogen) atoms. The number of rotatable bonds is 4. The predicted molar refractivity (Wildman–Crippen MR) is 122 cm³/mol. The topological polar surface area (TPSA) is 71.6 Å². The molecule has 168 valence electrons. The number of likely N-dealkylation sites (tertiary alicyclic amines) is 1. The number of nitrogens with zero attached hydrogens (tertiary/aromatic N) is 1. The van der Waals surface area contributed by atoms with Gasteiger partial charge >= 0.3 is 12.1 Å². The van der Waals surface area contributed by atoms with Gasteiger partial charge in [0.15, 0.2) is 0 Å². The van der Waals surface area contributed by atoms with E-state index >= 15 is 0 Å². The summed E-state index contributed by atoms with van der Waals surface area (Å²) in [6.07, 6.45) is 1.29. The molecule has 1 amide bonds. The molecule has 0 bridgehead atoms. The summed E-state index contributed by atoms with van der Waals surface area (Å²) in [6, 6.07) is 3.14. The molecule has 0 atom stereocenters. The van der Waals surface area contributed by atoms with Crippen LogP contribution >= 0.6 is 34.8 Å². The molecule has 1 aromatic heterocycles. The molecule has 0 radical (unpaired) electrons. The van der Waals surface area contributed by atoms with Crippen molar-refractivity contribution < 1.29 is 19.1 Å². The Morgan fingerprint density at radius 2 is 1.74 bits per heavy atom. The van der Waals surface area contributed by atoms with Gasteiger partial charge in [0.05, 0.1) is 22.2 Å². The fraction of sp³-hybridized carbons (Fsp3) is 0.455. The van der Waals surface area contributed by atoms with Crippen molar-refractivity contribution in [2.24, 2.45) is 0 Å². The Balaban J connectivity index is 2.00. The zero-order valence-electron chi connectivity index (χ0n) is 18.1. The number of hydrogen-bond acceptors (Lipinski definition) is 4. The standard InChI is InChI=1S/C22H25Cl3N2O4/c1-6-30-19(28)17-13(16-14(24)7-12(23)8-15(16)25)9-26-18(17)22(5)10-27(11-22)20(29)31-21(2,3)4/h7-9,26H,6,10-11H2,1-5H3. The van der Waals surface area contributed by atoms with Crippen molar-refractivity contribution in [2.75, 3.05) is 19.7 Å². The molecule has 3 rings (SSSR count). The SMILES string of the molecule is CCOC(=O)c1c(-c2c(Cl)cc(Cl)cc2Cl)c[nH]c1C1(C)CN(C(=O)OC(C)(C)C)C1. The number of amides is 1. The maximum absolute atomic E-state index is 12.9. The molecule has 0 spiro atoms. The van der Waals surface area contributed by atoms with E-state index in [1.54, 1.807) is 30.2 Å². The van der Waals surface area contributed by atoms with Gasteiger partial charge in [-0.25, -0.2) is 9.59 Å². The van der Waals surface area contributed by atoms with Gasteiger partial charge in [-0.05, 0) is 39.8 Å². The Hall–Kier alpha value is -1.89. The maximum Gasteiger partial charge on any atom is 0.410 e. The maximum atomic E-state index is 12.9. The third-order valence-electron chi connectivity index (χ3n) is 4.97. The van der Waals surface area contributed by atoms with Crippen molar-refractivity contribution in [1.82, 2.24) is 9.88 Å². The summed E-state index contributed by atoms with van der Waals surface area (Å²) in [5.41, 5.74) is 0.938. The van der Waals surface area contributed by atoms with Crippen molar-refractivity contribution in [2.45, 2.75) is 45.6 Å². The normalized spacial score (nSPS) is 15.4. The lowest BCUT2D eigenvalue weighted by Crippen LogP contribution is -2.60. The lowest BCUT2D eigenvalue weighted by molar-refractivity contribution is -0.00732. The molecule has 9 heteroatoms. The second kappa shape index (κ2) is 8.57. The van der Waals surface area contributed by atoms with Gasteiger partial charge in [0.2, 0.25) is 0 Å². The number of benzene rings is 1. The monoisotopic (exact) mass is 486 g/mol. The number of carbonyl (C=O) groups excluding carboxylic acids is 2. The Labute approximate surface area is 196 Å². The number of H-pyrrole nitrogens is 1. The van der Waals surface area contributed by atoms with E-state index in [9.17, 15) is 9.59 Å². The number of aromatic nitrogens is 1. The van der Waals surface area contributed by atoms with E-state index in [0.717, 1.165) is 0 Å². The van der Waals surface area contributed by atoms with E-state index < -0.39 is 23.1 Å². The highest BCUT2D eigenvalue weighted by Crippen LogP contribution is 2.44. The Morgan fingerprint density at radius 1 is 1.16 bits per heavy atom. The van der Waals surface area contributed by atoms with E-state index in [1.807, 2.05) is 27.7 Å². The molecular weight excluding hydrogens is 463 g/mol. The number of aromatic amines is 1. The van der Waals surface area contributed by atoms with E-state index in [1.165, 1.54) is 0 Å². The summed E-state index contributed by atoms with van der Waals surface area (Å²) in [4.78, 5) is 30.1. The van der Waals surface area contributed by atoms with Gasteiger partial charge in [-0.2, -0.15) is 0 Å². The summed E-state index contributed by atoms with van der Waals surface area (Å²) in [5.74, 6) is -0.493. The Bertz CT molecular complexity index is 997. The van der Waals surface area contributed by atoms with E-state index in [2.05, 4.69) is 4.98 Å². The van der Waals surface area contributed by atoms with Gasteiger partial charge in [0.1, 0.15) is 5.60 Å². The number of nitrogens with one attached hydrogen (secondary N) is 1. The molecule has 2 heterocycles. The van der Waals surface area contributed by atoms with Crippen LogP contribution in [0, 0.1) is 0 Å². The number of esters is 1. The van der Waals surface area contributed by atoms with Crippen LogP contribution in [0.3, 0.4) is 0 Å². The average molecular weight is 488 g/mol. The predicted octanol–water partition coefficient (Wildman–Crippen LogP) is 6.33. The minimum absolute atomic E-state index is 0.214. The summed E-state index contributed by atoms with van der Waals surface area (Å²) in [6.45, 7) is 10.1. The lowest BCUT2D eigenvalue weighted by atomic mass is 9.77. The molecule has 1 N–H and O–H groups in total. The minimum atomic E-state index is -0.582. The first-order chi connectivity index (χ1) is 14.4. The highest BCUT2D eigenvalue weighted by molar-refractivity contribution is 6.42. The van der Waals surface area contributed by atoms with Crippen molar-refractivity contribution in [3.8, 4) is 11.1 Å². The number of ether oxygens (including phenoxy) is 2. The first kappa shape index (κ1) is 23.8. The molecule has 0 aliphatic carbocycles. The molecule has 0 saturated carbocycles. The average Bonchev–Trinajstić information content (AvgIpc) is 3.01. The smallest absolute Gasteiger partial charge is 0.410 e. The van der Waals surface area contributed by atoms with E-state index in [0.29, 0.717) is 50.5 Å². The van der Waals surface area contributed by atoms with Crippen molar-refractivity contribution in [3.05, 3.63) is 44.7 Å². The van der Waals surface area contributed by atoms with Crippen LogP contribution in [0.4, 0.5) is 4.79 Å². The minimum Gasteiger partial charge on any atom is -0.462 e. The molecular formula is C22H25Cl3N2O4. The van der Waals surface area contributed by atoms with Crippen LogP contribution in [0.25, 0.3) is 11.1 Å². The quantitative estimate of drug-likeness (QED) is 0.512. The van der Waals surface area contributed by atoms with Crippen LogP contribution < -0.4 is 0 Å². The third kappa shape index (κ3) is 4.81. The summed E-state index contributed by atoms with van der Waals surface area (Å²) < 4.78 is 10.8. The molecule has 6 nitrogen and oxygen atoms in total. The molecule has 1 aliphatic rings. The van der Waals surface area contributed by atoms with Gasteiger partial charge in [0.25, 0.3) is 0 Å². The largest absolute Gasteiger partial charge is 0.462 e. The van der Waals surface area contributed by atoms with Gasteiger partial charge in [0, 0.05) is 46.5 Å². The first-order valence-electron chi connectivity index (χ1n) is 9.88. The van der Waals surface area contributed by atoms with Gasteiger partial charge < -0.3 is 19.4 Å². The number of hydrogen-bond donors (Lipinski definition) is 1. The fourth-order valence-corrected chi connectivity index (χ4v) is 4.74. The van der Waals surface area contributed by atoms with Gasteiger partial charge in [-0.3, -0.25) is 0 Å². The van der Waals surface area contributed by atoms with Crippen molar-refractivity contribution in [1.29, 1.82) is 0 Å². The van der Waals surface area contributed by atoms with Crippen LogP contribution in [0.1, 0.15) is 50.7 Å². The van der Waals surface area contributed by atoms with Crippen LogP contribution in [0.5, 0.6) is 0 Å². The second-order valence-electron chi connectivity index (χ2n) is 8.81. The first-order valence-corrected chi connectivity index (χ1v) is 11.0. The van der Waals surface area contributed by atoms with E-state index in [4.69, 9.17) is 44.3 Å². The fourth-order valence-electron chi connectivity index (χ4n) is 3.72. The van der Waals surface area contributed by atoms with Crippen LogP contribution in [-0.2, 0) is 14.9 Å². The van der Waals surface area contributed by atoms with Crippen molar-refractivity contribution in [3.63, 3.8) is 0 Å². The van der Waals surface area contributed by atoms with Crippen LogP contribution in [-0.4, -0.2) is 47.2 Å². The second-order valence-corrected chi connectivity index (χ2v) is 10.1. The van der Waals surface area contributed by atoms with Crippen LogP contribution in [0.15, 0.2) is 18.3 Å². The Kier molecular flexibility index (Phi) is 6.57. The molecule has 0 unspecified atom stereocenters. The molecule has 1 fully saturated rings.